The predicted molar refractivity (Wildman–Crippen MR) is 76.3 cm³/mol. The maximum absolute atomic E-state index is 13.2. The van der Waals surface area contributed by atoms with E-state index in [9.17, 15) is 14.0 Å². The van der Waals surface area contributed by atoms with Gasteiger partial charge in [-0.05, 0) is 24.6 Å². The number of hydrogen-bond acceptors (Lipinski definition) is 3. The summed E-state index contributed by atoms with van der Waals surface area (Å²) in [6, 6.07) is 3.43. The van der Waals surface area contributed by atoms with Crippen LogP contribution in [0.3, 0.4) is 0 Å². The lowest BCUT2D eigenvalue weighted by Gasteiger charge is -2.12. The molecule has 1 aliphatic carbocycles. The minimum absolute atomic E-state index is 0.000875. The first-order chi connectivity index (χ1) is 9.99. The molecule has 0 saturated heterocycles. The van der Waals surface area contributed by atoms with Crippen molar-refractivity contribution in [1.29, 1.82) is 0 Å². The van der Waals surface area contributed by atoms with Crippen LogP contribution in [0, 0.1) is 11.7 Å². The summed E-state index contributed by atoms with van der Waals surface area (Å²) in [6.07, 6.45) is 4.07. The van der Waals surface area contributed by atoms with E-state index in [-0.39, 0.29) is 29.3 Å². The molecule has 0 fully saturated rings. The Bertz CT molecular complexity index is 592. The zero-order chi connectivity index (χ0) is 15.4. The van der Waals surface area contributed by atoms with Gasteiger partial charge in [-0.1, -0.05) is 23.8 Å². The quantitative estimate of drug-likeness (QED) is 0.584. The Morgan fingerprint density at radius 1 is 1.33 bits per heavy atom. The molecule has 7 heteroatoms. The highest BCUT2D eigenvalue weighted by atomic mass is 35.5. The number of aliphatic hydroxyl groups excluding tert-OH is 1. The van der Waals surface area contributed by atoms with Crippen molar-refractivity contribution >= 4 is 29.1 Å². The van der Waals surface area contributed by atoms with Gasteiger partial charge >= 0.3 is 11.8 Å². The van der Waals surface area contributed by atoms with Gasteiger partial charge in [0.25, 0.3) is 0 Å². The molecule has 0 radical (unpaired) electrons. The van der Waals surface area contributed by atoms with Gasteiger partial charge in [-0.15, -0.1) is 0 Å². The topological polar surface area (TPSA) is 78.4 Å². The molecule has 5 nitrogen and oxygen atoms in total. The second-order valence-corrected chi connectivity index (χ2v) is 5.13. The molecular weight excluding hydrogens is 299 g/mol. The van der Waals surface area contributed by atoms with Crippen molar-refractivity contribution < 1.29 is 19.1 Å². The van der Waals surface area contributed by atoms with E-state index in [1.165, 1.54) is 12.1 Å². The fraction of sp³-hybridized carbons (Fsp3) is 0.286. The molecular formula is C14H14ClFN2O3. The van der Waals surface area contributed by atoms with Crippen molar-refractivity contribution in [3.05, 3.63) is 41.2 Å². The number of nitrogens with one attached hydrogen (secondary N) is 2. The summed E-state index contributed by atoms with van der Waals surface area (Å²) in [5, 5.41) is 13.7. The number of amides is 2. The van der Waals surface area contributed by atoms with E-state index in [4.69, 9.17) is 16.7 Å². The van der Waals surface area contributed by atoms with Crippen molar-refractivity contribution in [1.82, 2.24) is 5.32 Å². The smallest absolute Gasteiger partial charge is 0.313 e. The average Bonchev–Trinajstić information content (AvgIpc) is 2.90. The molecule has 3 N–H and O–H groups in total. The largest absolute Gasteiger partial charge is 0.396 e. The maximum atomic E-state index is 13.2. The van der Waals surface area contributed by atoms with Gasteiger partial charge < -0.3 is 15.7 Å². The Hall–Kier alpha value is -1.92. The van der Waals surface area contributed by atoms with Crippen LogP contribution in [0.5, 0.6) is 0 Å². The van der Waals surface area contributed by atoms with Crippen LogP contribution in [0.1, 0.15) is 6.42 Å². The van der Waals surface area contributed by atoms with Crippen LogP contribution < -0.4 is 10.6 Å². The van der Waals surface area contributed by atoms with Crippen LogP contribution in [0.15, 0.2) is 30.4 Å². The highest BCUT2D eigenvalue weighted by Crippen LogP contribution is 2.19. The fourth-order valence-corrected chi connectivity index (χ4v) is 2.13. The summed E-state index contributed by atoms with van der Waals surface area (Å²) in [5.74, 6) is -2.40. The third-order valence-corrected chi connectivity index (χ3v) is 3.41. The van der Waals surface area contributed by atoms with Crippen LogP contribution in [-0.2, 0) is 9.59 Å². The molecule has 1 aliphatic rings. The number of carbonyl (C=O) groups excluding carboxylic acids is 2. The number of anilines is 1. The summed E-state index contributed by atoms with van der Waals surface area (Å²) in [6.45, 7) is -0.000875. The Kier molecular flexibility index (Phi) is 4.93. The van der Waals surface area contributed by atoms with Crippen LogP contribution in [0.2, 0.25) is 5.02 Å². The lowest BCUT2D eigenvalue weighted by atomic mass is 10.1. The lowest BCUT2D eigenvalue weighted by molar-refractivity contribution is -0.136. The SMILES string of the molecule is O=C(Nc1ccc(Cl)c(F)c1)C(=O)N[C@@H]1C=C[C@H](CO)C1. The minimum Gasteiger partial charge on any atom is -0.396 e. The van der Waals surface area contributed by atoms with Gasteiger partial charge in [-0.2, -0.15) is 0 Å². The van der Waals surface area contributed by atoms with Crippen molar-refractivity contribution in [3.8, 4) is 0 Å². The van der Waals surface area contributed by atoms with Gasteiger partial charge in [0.15, 0.2) is 0 Å². The van der Waals surface area contributed by atoms with E-state index in [2.05, 4.69) is 10.6 Å². The molecule has 0 heterocycles. The van der Waals surface area contributed by atoms with Crippen molar-refractivity contribution in [2.45, 2.75) is 12.5 Å². The van der Waals surface area contributed by atoms with Gasteiger partial charge in [-0.25, -0.2) is 4.39 Å². The Morgan fingerprint density at radius 3 is 2.71 bits per heavy atom. The molecule has 2 atom stereocenters. The Morgan fingerprint density at radius 2 is 2.10 bits per heavy atom. The van der Waals surface area contributed by atoms with Crippen LogP contribution in [0.4, 0.5) is 10.1 Å². The zero-order valence-electron chi connectivity index (χ0n) is 11.0. The summed E-state index contributed by atoms with van der Waals surface area (Å²) in [4.78, 5) is 23.4. The van der Waals surface area contributed by atoms with E-state index in [1.54, 1.807) is 12.2 Å². The summed E-state index contributed by atoms with van der Waals surface area (Å²) >= 11 is 5.53. The average molecular weight is 313 g/mol. The number of halogens is 2. The number of aliphatic hydroxyl groups is 1. The van der Waals surface area contributed by atoms with Gasteiger partial charge in [0.2, 0.25) is 0 Å². The Balaban J connectivity index is 1.89. The standard InChI is InChI=1S/C14H14ClFN2O3/c15-11-4-3-10(6-12(11)16)18-14(21)13(20)17-9-2-1-8(5-9)7-19/h1-4,6,8-9,19H,5,7H2,(H,17,20)(H,18,21)/t8-,9+/m0/s1. The minimum atomic E-state index is -0.891. The number of rotatable bonds is 3. The van der Waals surface area contributed by atoms with Crippen molar-refractivity contribution in [3.63, 3.8) is 0 Å². The van der Waals surface area contributed by atoms with E-state index in [0.717, 1.165) is 6.07 Å². The molecule has 21 heavy (non-hydrogen) atoms. The molecule has 0 aliphatic heterocycles. The highest BCUT2D eigenvalue weighted by molar-refractivity contribution is 6.39. The van der Waals surface area contributed by atoms with Crippen molar-refractivity contribution in [2.75, 3.05) is 11.9 Å². The first kappa shape index (κ1) is 15.5. The number of hydrogen-bond donors (Lipinski definition) is 3. The molecule has 2 amide bonds. The molecule has 112 valence electrons. The fourth-order valence-electron chi connectivity index (χ4n) is 2.01. The monoisotopic (exact) mass is 312 g/mol. The normalized spacial score (nSPS) is 20.3. The van der Waals surface area contributed by atoms with E-state index in [1.807, 2.05) is 0 Å². The van der Waals surface area contributed by atoms with Crippen LogP contribution in [0.25, 0.3) is 0 Å². The highest BCUT2D eigenvalue weighted by Gasteiger charge is 2.23. The van der Waals surface area contributed by atoms with E-state index >= 15 is 0 Å². The maximum Gasteiger partial charge on any atom is 0.313 e. The number of carbonyl (C=O) groups is 2. The van der Waals surface area contributed by atoms with Crippen molar-refractivity contribution in [2.24, 2.45) is 5.92 Å². The van der Waals surface area contributed by atoms with E-state index < -0.39 is 17.6 Å². The molecule has 0 spiro atoms. The third-order valence-electron chi connectivity index (χ3n) is 3.11. The first-order valence-corrected chi connectivity index (χ1v) is 6.73. The molecule has 0 bridgehead atoms. The van der Waals surface area contributed by atoms with Crippen LogP contribution >= 0.6 is 11.6 Å². The second-order valence-electron chi connectivity index (χ2n) is 4.73. The molecule has 0 unspecified atom stereocenters. The zero-order valence-corrected chi connectivity index (χ0v) is 11.7. The summed E-state index contributed by atoms with van der Waals surface area (Å²) in [5.41, 5.74) is 0.146. The van der Waals surface area contributed by atoms with Gasteiger partial charge in [0.1, 0.15) is 5.82 Å². The summed E-state index contributed by atoms with van der Waals surface area (Å²) in [7, 11) is 0. The second kappa shape index (κ2) is 6.69. The third kappa shape index (κ3) is 4.03. The van der Waals surface area contributed by atoms with E-state index in [0.29, 0.717) is 6.42 Å². The molecule has 1 aromatic carbocycles. The first-order valence-electron chi connectivity index (χ1n) is 6.35. The van der Waals surface area contributed by atoms with Crippen LogP contribution in [-0.4, -0.2) is 29.6 Å². The molecule has 0 saturated carbocycles. The van der Waals surface area contributed by atoms with Gasteiger partial charge in [0.05, 0.1) is 5.02 Å². The van der Waals surface area contributed by atoms with Gasteiger partial charge in [-0.3, -0.25) is 9.59 Å². The molecule has 0 aromatic heterocycles. The molecule has 2 rings (SSSR count). The Labute approximate surface area is 125 Å². The number of benzene rings is 1. The van der Waals surface area contributed by atoms with Gasteiger partial charge in [0, 0.05) is 24.3 Å². The molecule has 1 aromatic rings. The predicted octanol–water partition coefficient (Wildman–Crippen LogP) is 1.47. The summed E-state index contributed by atoms with van der Waals surface area (Å²) < 4.78 is 13.2. The lowest BCUT2D eigenvalue weighted by Crippen LogP contribution is -2.40.